The lowest BCUT2D eigenvalue weighted by molar-refractivity contribution is 0.0629. The van der Waals surface area contributed by atoms with Crippen LogP contribution in [0.5, 0.6) is 0 Å². The molecule has 0 aliphatic carbocycles. The number of rotatable bonds is 1. The van der Waals surface area contributed by atoms with E-state index in [1.807, 2.05) is 6.66 Å². The van der Waals surface area contributed by atoms with E-state index in [1.54, 1.807) is 0 Å². The van der Waals surface area contributed by atoms with Crippen molar-refractivity contribution in [3.8, 4) is 0 Å². The maximum atomic E-state index is 5.71. The zero-order valence-electron chi connectivity index (χ0n) is 9.72. The Morgan fingerprint density at radius 1 is 1.06 bits per heavy atom. The smallest absolute Gasteiger partial charge is 0.185 e. The van der Waals surface area contributed by atoms with Crippen LogP contribution in [-0.2, 0) is 20.9 Å². The fraction of sp³-hybridized carbons (Fsp3) is 1.00. The Hall–Kier alpha value is 0.530. The molecule has 0 aromatic carbocycles. The first-order valence-electron chi connectivity index (χ1n) is 6.25. The van der Waals surface area contributed by atoms with Gasteiger partial charge in [0.25, 0.3) is 0 Å². The van der Waals surface area contributed by atoms with Gasteiger partial charge in [0.1, 0.15) is 0 Å². The molecule has 1 N–H and O–H groups in total. The highest BCUT2D eigenvalue weighted by molar-refractivity contribution is 8.09. The minimum Gasteiger partial charge on any atom is -0.329 e. The summed E-state index contributed by atoms with van der Waals surface area (Å²) in [6.07, 6.45) is 5.34. The first-order chi connectivity index (χ1) is 7.62. The molecule has 0 aromatic heterocycles. The molecule has 3 heterocycles. The molecule has 2 atom stereocenters. The van der Waals surface area contributed by atoms with Crippen molar-refractivity contribution in [2.24, 2.45) is 11.8 Å². The summed E-state index contributed by atoms with van der Waals surface area (Å²) in [6.45, 7) is 1.73. The third-order valence-corrected chi connectivity index (χ3v) is 6.09. The van der Waals surface area contributed by atoms with Crippen molar-refractivity contribution < 1.29 is 9.05 Å². The van der Waals surface area contributed by atoms with Crippen molar-refractivity contribution in [3.63, 3.8) is 0 Å². The number of hydrogen-bond donors (Lipinski definition) is 1. The van der Waals surface area contributed by atoms with E-state index in [9.17, 15) is 0 Å². The predicted octanol–water partition coefficient (Wildman–Crippen LogP) is 2.12. The summed E-state index contributed by atoms with van der Waals surface area (Å²) in [5.41, 5.74) is 0. The average Bonchev–Trinajstić information content (AvgIpc) is 2.58. The van der Waals surface area contributed by atoms with Crippen molar-refractivity contribution in [1.29, 1.82) is 0 Å². The van der Waals surface area contributed by atoms with Crippen LogP contribution in [0.4, 0.5) is 0 Å². The minimum atomic E-state index is -1.87. The van der Waals surface area contributed by atoms with Gasteiger partial charge in [-0.05, 0) is 43.4 Å². The normalized spacial score (nSPS) is 52.8. The van der Waals surface area contributed by atoms with Crippen LogP contribution >= 0.6 is 6.49 Å². The Bertz CT molecular complexity index is 301. The largest absolute Gasteiger partial charge is 0.329 e. The SMILES string of the molecule is CP1(=S)OCC(C2CC3CCC(C2)N3)CO1. The van der Waals surface area contributed by atoms with Crippen molar-refractivity contribution in [3.05, 3.63) is 0 Å². The number of nitrogens with one attached hydrogen (secondary N) is 1. The van der Waals surface area contributed by atoms with Crippen LogP contribution in [0.3, 0.4) is 0 Å². The lowest BCUT2D eigenvalue weighted by Gasteiger charge is -2.38. The third-order valence-electron chi connectivity index (χ3n) is 4.22. The van der Waals surface area contributed by atoms with E-state index in [2.05, 4.69) is 5.32 Å². The molecular formula is C11H20NO2PS. The van der Waals surface area contributed by atoms with Gasteiger partial charge < -0.3 is 14.4 Å². The highest BCUT2D eigenvalue weighted by atomic mass is 32.5. The average molecular weight is 261 g/mol. The molecule has 3 nitrogen and oxygen atoms in total. The molecule has 3 fully saturated rings. The lowest BCUT2D eigenvalue weighted by atomic mass is 9.82. The highest BCUT2D eigenvalue weighted by Gasteiger charge is 2.39. The predicted molar refractivity (Wildman–Crippen MR) is 68.3 cm³/mol. The van der Waals surface area contributed by atoms with Gasteiger partial charge in [-0.15, -0.1) is 0 Å². The zero-order valence-corrected chi connectivity index (χ0v) is 11.4. The Kier molecular flexibility index (Phi) is 3.14. The maximum Gasteiger partial charge on any atom is 0.185 e. The van der Waals surface area contributed by atoms with Crippen LogP contribution in [0.15, 0.2) is 0 Å². The Labute approximate surface area is 102 Å². The quantitative estimate of drug-likeness (QED) is 0.732. The molecule has 92 valence electrons. The molecule has 0 aromatic rings. The van der Waals surface area contributed by atoms with E-state index in [4.69, 9.17) is 20.9 Å². The molecular weight excluding hydrogens is 241 g/mol. The van der Waals surface area contributed by atoms with Gasteiger partial charge in [-0.3, -0.25) is 0 Å². The molecule has 0 amide bonds. The summed E-state index contributed by atoms with van der Waals surface area (Å²) in [5, 5.41) is 3.68. The fourth-order valence-corrected chi connectivity index (χ4v) is 4.67. The molecule has 0 saturated carbocycles. The molecule has 5 heteroatoms. The second-order valence-corrected chi connectivity index (χ2v) is 9.54. The van der Waals surface area contributed by atoms with E-state index in [0.717, 1.165) is 31.2 Å². The standard InChI is InChI=1S/C11H20NO2PS/c1-15(16)13-6-9(7-14-15)8-4-10-2-3-11(5-8)12-10/h8-12H,2-7H2,1H3. The first kappa shape index (κ1) is 11.6. The number of hydrogen-bond acceptors (Lipinski definition) is 4. The Morgan fingerprint density at radius 3 is 2.19 bits per heavy atom. The monoisotopic (exact) mass is 261 g/mol. The van der Waals surface area contributed by atoms with Gasteiger partial charge in [-0.25, -0.2) is 0 Å². The molecule has 3 saturated heterocycles. The summed E-state index contributed by atoms with van der Waals surface area (Å²) in [4.78, 5) is 0. The second-order valence-electron chi connectivity index (χ2n) is 5.49. The van der Waals surface area contributed by atoms with Gasteiger partial charge >= 0.3 is 0 Å². The summed E-state index contributed by atoms with van der Waals surface area (Å²) >= 11 is 5.26. The van der Waals surface area contributed by atoms with Gasteiger partial charge in [0.2, 0.25) is 0 Å². The lowest BCUT2D eigenvalue weighted by Crippen LogP contribution is -2.42. The molecule has 16 heavy (non-hydrogen) atoms. The van der Waals surface area contributed by atoms with E-state index in [-0.39, 0.29) is 0 Å². The number of piperidine rings is 1. The minimum absolute atomic E-state index is 0.584. The Morgan fingerprint density at radius 2 is 1.62 bits per heavy atom. The van der Waals surface area contributed by atoms with Gasteiger partial charge in [-0.1, -0.05) is 0 Å². The van der Waals surface area contributed by atoms with Crippen LogP contribution in [0.1, 0.15) is 25.7 Å². The molecule has 0 spiro atoms. The Balaban J connectivity index is 1.60. The zero-order chi connectivity index (χ0) is 11.2. The van der Waals surface area contributed by atoms with Crippen LogP contribution < -0.4 is 5.32 Å². The van der Waals surface area contributed by atoms with E-state index in [0.29, 0.717) is 5.92 Å². The summed E-state index contributed by atoms with van der Waals surface area (Å²) < 4.78 is 11.4. The van der Waals surface area contributed by atoms with Crippen LogP contribution in [0.2, 0.25) is 0 Å². The fourth-order valence-electron chi connectivity index (χ4n) is 3.31. The van der Waals surface area contributed by atoms with E-state index >= 15 is 0 Å². The van der Waals surface area contributed by atoms with E-state index in [1.165, 1.54) is 25.7 Å². The van der Waals surface area contributed by atoms with Crippen LogP contribution in [0, 0.1) is 11.8 Å². The molecule has 2 bridgehead atoms. The van der Waals surface area contributed by atoms with Crippen molar-refractivity contribution in [1.82, 2.24) is 5.32 Å². The van der Waals surface area contributed by atoms with E-state index < -0.39 is 6.49 Å². The second kappa shape index (κ2) is 4.33. The molecule has 2 unspecified atom stereocenters. The van der Waals surface area contributed by atoms with Crippen molar-refractivity contribution in [2.75, 3.05) is 19.9 Å². The number of fused-ring (bicyclic) bond motifs is 2. The molecule has 3 aliphatic heterocycles. The third kappa shape index (κ3) is 2.37. The summed E-state index contributed by atoms with van der Waals surface area (Å²) in [7, 11) is 0. The summed E-state index contributed by atoms with van der Waals surface area (Å²) in [5.74, 6) is 1.37. The first-order valence-corrected chi connectivity index (χ1v) is 9.33. The van der Waals surface area contributed by atoms with Gasteiger partial charge in [0, 0.05) is 24.7 Å². The van der Waals surface area contributed by atoms with Crippen molar-refractivity contribution >= 4 is 18.3 Å². The van der Waals surface area contributed by atoms with Gasteiger partial charge in [0.05, 0.1) is 13.2 Å². The molecule has 0 radical (unpaired) electrons. The van der Waals surface area contributed by atoms with Crippen LogP contribution in [0.25, 0.3) is 0 Å². The topological polar surface area (TPSA) is 30.5 Å². The van der Waals surface area contributed by atoms with Crippen molar-refractivity contribution in [2.45, 2.75) is 37.8 Å². The highest BCUT2D eigenvalue weighted by Crippen LogP contribution is 2.50. The molecule has 3 aliphatic rings. The van der Waals surface area contributed by atoms with Gasteiger partial charge in [-0.2, -0.15) is 0 Å². The van der Waals surface area contributed by atoms with Gasteiger partial charge in [0.15, 0.2) is 6.49 Å². The molecule has 3 rings (SSSR count). The van der Waals surface area contributed by atoms with Crippen LogP contribution in [-0.4, -0.2) is 32.0 Å². The maximum absolute atomic E-state index is 5.71. The summed E-state index contributed by atoms with van der Waals surface area (Å²) in [6, 6.07) is 1.52.